The first-order chi connectivity index (χ1) is 7.91. The van der Waals surface area contributed by atoms with Crippen molar-refractivity contribution in [3.05, 3.63) is 34.5 Å². The molecule has 1 aromatic heterocycles. The first-order valence-electron chi connectivity index (χ1n) is 5.78. The zero-order chi connectivity index (χ0) is 12.7. The van der Waals surface area contributed by atoms with Gasteiger partial charge < -0.3 is 5.73 Å². The van der Waals surface area contributed by atoms with Crippen molar-refractivity contribution in [3.8, 4) is 11.1 Å². The van der Waals surface area contributed by atoms with Crippen LogP contribution in [0.25, 0.3) is 11.1 Å². The van der Waals surface area contributed by atoms with E-state index in [-0.39, 0.29) is 0 Å². The summed E-state index contributed by atoms with van der Waals surface area (Å²) in [5.74, 6) is 0.601. The van der Waals surface area contributed by atoms with Crippen LogP contribution in [0.15, 0.2) is 12.3 Å². The molecule has 2 rings (SSSR count). The van der Waals surface area contributed by atoms with Gasteiger partial charge in [-0.15, -0.1) is 0 Å². The highest BCUT2D eigenvalue weighted by Gasteiger charge is 2.14. The molecule has 3 heteroatoms. The molecule has 1 heterocycles. The monoisotopic (exact) mass is 229 g/mol. The van der Waals surface area contributed by atoms with Crippen LogP contribution in [0.2, 0.25) is 0 Å². The molecule has 0 aliphatic heterocycles. The molecule has 3 nitrogen and oxygen atoms in total. The van der Waals surface area contributed by atoms with Crippen molar-refractivity contribution in [1.82, 2.24) is 9.78 Å². The second-order valence-corrected chi connectivity index (χ2v) is 4.74. The molecule has 2 N–H and O–H groups in total. The van der Waals surface area contributed by atoms with Crippen LogP contribution < -0.4 is 5.73 Å². The first-order valence-corrected chi connectivity index (χ1v) is 5.78. The van der Waals surface area contributed by atoms with Gasteiger partial charge in [0.15, 0.2) is 5.82 Å². The highest BCUT2D eigenvalue weighted by molar-refractivity contribution is 5.80. The van der Waals surface area contributed by atoms with Gasteiger partial charge in [0.25, 0.3) is 0 Å². The number of rotatable bonds is 1. The van der Waals surface area contributed by atoms with E-state index in [1.807, 2.05) is 13.2 Å². The SMILES string of the molecule is Cc1cc(C)c(C)c(-c2cn(C)nc2N)c1C. The van der Waals surface area contributed by atoms with Crippen LogP contribution in [-0.4, -0.2) is 9.78 Å². The summed E-state index contributed by atoms with van der Waals surface area (Å²) >= 11 is 0. The Morgan fingerprint density at radius 1 is 1.06 bits per heavy atom. The molecule has 0 amide bonds. The Hall–Kier alpha value is -1.77. The number of nitrogens with two attached hydrogens (primary N) is 1. The molecule has 90 valence electrons. The predicted octanol–water partition coefficient (Wildman–Crippen LogP) is 2.90. The summed E-state index contributed by atoms with van der Waals surface area (Å²) in [5, 5.41) is 4.22. The van der Waals surface area contributed by atoms with Crippen LogP contribution in [0, 0.1) is 27.7 Å². The van der Waals surface area contributed by atoms with Crippen molar-refractivity contribution in [2.24, 2.45) is 7.05 Å². The second-order valence-electron chi connectivity index (χ2n) is 4.74. The van der Waals surface area contributed by atoms with E-state index in [9.17, 15) is 0 Å². The lowest BCUT2D eigenvalue weighted by molar-refractivity contribution is 0.772. The number of hydrogen-bond acceptors (Lipinski definition) is 2. The quantitative estimate of drug-likeness (QED) is 0.817. The summed E-state index contributed by atoms with van der Waals surface area (Å²) in [4.78, 5) is 0. The Morgan fingerprint density at radius 3 is 2.00 bits per heavy atom. The standard InChI is InChI=1S/C14H19N3/c1-8-6-9(2)11(4)13(10(8)3)12-7-17(5)16-14(12)15/h6-7H,1-5H3,(H2,15,16). The Bertz CT molecular complexity index is 553. The van der Waals surface area contributed by atoms with Crippen molar-refractivity contribution < 1.29 is 0 Å². The number of benzene rings is 1. The number of nitrogens with zero attached hydrogens (tertiary/aromatic N) is 2. The normalized spacial score (nSPS) is 10.9. The highest BCUT2D eigenvalue weighted by atomic mass is 15.3. The molecule has 1 aromatic carbocycles. The van der Waals surface area contributed by atoms with Gasteiger partial charge in [0.1, 0.15) is 0 Å². The molecule has 0 radical (unpaired) electrons. The van der Waals surface area contributed by atoms with Gasteiger partial charge in [-0.1, -0.05) is 6.07 Å². The van der Waals surface area contributed by atoms with Gasteiger partial charge in [-0.3, -0.25) is 4.68 Å². The molecule has 0 atom stereocenters. The number of anilines is 1. The van der Waals surface area contributed by atoms with Crippen molar-refractivity contribution in [2.75, 3.05) is 5.73 Å². The molecule has 0 unspecified atom stereocenters. The van der Waals surface area contributed by atoms with Crippen molar-refractivity contribution in [2.45, 2.75) is 27.7 Å². The maximum atomic E-state index is 5.98. The van der Waals surface area contributed by atoms with Gasteiger partial charge in [-0.05, 0) is 55.5 Å². The summed E-state index contributed by atoms with van der Waals surface area (Å²) in [6, 6.07) is 2.22. The van der Waals surface area contributed by atoms with Crippen molar-refractivity contribution in [3.63, 3.8) is 0 Å². The van der Waals surface area contributed by atoms with Crippen LogP contribution in [0.5, 0.6) is 0 Å². The smallest absolute Gasteiger partial charge is 0.153 e. The van der Waals surface area contributed by atoms with Crippen molar-refractivity contribution in [1.29, 1.82) is 0 Å². The summed E-state index contributed by atoms with van der Waals surface area (Å²) in [7, 11) is 1.90. The van der Waals surface area contributed by atoms with Gasteiger partial charge >= 0.3 is 0 Å². The predicted molar refractivity (Wildman–Crippen MR) is 72.0 cm³/mol. The Labute approximate surface area is 102 Å². The van der Waals surface area contributed by atoms with E-state index in [1.54, 1.807) is 4.68 Å². The Balaban J connectivity index is 2.79. The van der Waals surface area contributed by atoms with Crippen LogP contribution in [0.4, 0.5) is 5.82 Å². The molecular formula is C14H19N3. The van der Waals surface area contributed by atoms with E-state index in [4.69, 9.17) is 5.73 Å². The number of nitrogen functional groups attached to an aromatic ring is 1. The van der Waals surface area contributed by atoms with E-state index in [2.05, 4.69) is 38.9 Å². The van der Waals surface area contributed by atoms with Crippen LogP contribution in [0.3, 0.4) is 0 Å². The van der Waals surface area contributed by atoms with E-state index in [0.717, 1.165) is 5.56 Å². The summed E-state index contributed by atoms with van der Waals surface area (Å²) in [5.41, 5.74) is 13.4. The molecule has 0 aliphatic rings. The molecule has 0 aliphatic carbocycles. The van der Waals surface area contributed by atoms with Crippen LogP contribution >= 0.6 is 0 Å². The second kappa shape index (κ2) is 3.91. The maximum Gasteiger partial charge on any atom is 0.153 e. The fourth-order valence-corrected chi connectivity index (χ4v) is 2.32. The summed E-state index contributed by atoms with van der Waals surface area (Å²) in [6.07, 6.45) is 1.99. The van der Waals surface area contributed by atoms with Crippen molar-refractivity contribution >= 4 is 5.82 Å². The van der Waals surface area contributed by atoms with Gasteiger partial charge in [0.05, 0.1) is 0 Å². The number of hydrogen-bond donors (Lipinski definition) is 1. The zero-order valence-corrected chi connectivity index (χ0v) is 11.1. The first kappa shape index (κ1) is 11.7. The van der Waals surface area contributed by atoms with E-state index >= 15 is 0 Å². The minimum Gasteiger partial charge on any atom is -0.382 e. The Morgan fingerprint density at radius 2 is 1.59 bits per heavy atom. The third kappa shape index (κ3) is 1.82. The summed E-state index contributed by atoms with van der Waals surface area (Å²) in [6.45, 7) is 8.56. The third-order valence-corrected chi connectivity index (χ3v) is 3.49. The Kier molecular flexibility index (Phi) is 2.69. The molecule has 0 spiro atoms. The molecule has 0 saturated carbocycles. The fourth-order valence-electron chi connectivity index (χ4n) is 2.32. The van der Waals surface area contributed by atoms with Crippen LogP contribution in [0.1, 0.15) is 22.3 Å². The molecule has 17 heavy (non-hydrogen) atoms. The molecule has 0 saturated heterocycles. The minimum absolute atomic E-state index is 0.601. The molecule has 0 fully saturated rings. The van der Waals surface area contributed by atoms with E-state index in [1.165, 1.54) is 27.8 Å². The summed E-state index contributed by atoms with van der Waals surface area (Å²) < 4.78 is 1.77. The average molecular weight is 229 g/mol. The largest absolute Gasteiger partial charge is 0.382 e. The highest BCUT2D eigenvalue weighted by Crippen LogP contribution is 2.34. The number of aryl methyl sites for hydroxylation is 3. The van der Waals surface area contributed by atoms with Gasteiger partial charge in [0, 0.05) is 18.8 Å². The van der Waals surface area contributed by atoms with Gasteiger partial charge in [-0.25, -0.2) is 0 Å². The third-order valence-electron chi connectivity index (χ3n) is 3.49. The van der Waals surface area contributed by atoms with Gasteiger partial charge in [0.2, 0.25) is 0 Å². The van der Waals surface area contributed by atoms with Crippen LogP contribution in [-0.2, 0) is 7.05 Å². The van der Waals surface area contributed by atoms with Gasteiger partial charge in [-0.2, -0.15) is 5.10 Å². The molecule has 2 aromatic rings. The molecule has 0 bridgehead atoms. The lowest BCUT2D eigenvalue weighted by Gasteiger charge is -2.14. The maximum absolute atomic E-state index is 5.98. The van der Waals surface area contributed by atoms with E-state index in [0.29, 0.717) is 5.82 Å². The minimum atomic E-state index is 0.601. The fraction of sp³-hybridized carbons (Fsp3) is 0.357. The zero-order valence-electron chi connectivity index (χ0n) is 11.1. The lowest BCUT2D eigenvalue weighted by atomic mass is 9.91. The average Bonchev–Trinajstić information content (AvgIpc) is 2.56. The number of aromatic nitrogens is 2. The molecular weight excluding hydrogens is 210 g/mol. The van der Waals surface area contributed by atoms with E-state index < -0.39 is 0 Å². The lowest BCUT2D eigenvalue weighted by Crippen LogP contribution is -1.96. The topological polar surface area (TPSA) is 43.8 Å².